The molecule has 3 amide bonds. The van der Waals surface area contributed by atoms with Crippen molar-refractivity contribution in [1.29, 1.82) is 5.26 Å². The highest BCUT2D eigenvalue weighted by atomic mass is 32.1. The monoisotopic (exact) mass is 506 g/mol. The third-order valence-electron chi connectivity index (χ3n) is 4.69. The van der Waals surface area contributed by atoms with Gasteiger partial charge in [0, 0.05) is 44.5 Å². The number of halogens is 1. The van der Waals surface area contributed by atoms with Crippen molar-refractivity contribution in [2.75, 3.05) is 24.2 Å². The summed E-state index contributed by atoms with van der Waals surface area (Å²) in [6.07, 6.45) is 1.61. The lowest BCUT2D eigenvalue weighted by molar-refractivity contribution is -0.117. The number of nitrogens with one attached hydrogen (secondary N) is 3. The third kappa shape index (κ3) is 8.03. The van der Waals surface area contributed by atoms with Gasteiger partial charge < -0.3 is 20.3 Å². The molecular formula is C25H23FN6O3S. The molecule has 1 aromatic heterocycles. The molecule has 0 unspecified atom stereocenters. The minimum atomic E-state index is -0.663. The molecule has 1 aromatic carbocycles. The van der Waals surface area contributed by atoms with E-state index in [0.717, 1.165) is 6.07 Å². The molecule has 4 rings (SSSR count). The standard InChI is InChI=1S/C19H19FN6O3S.C6H4/c1-12(27)23-18(30)24-13-4-5-16(15(20)10-13)29-14-6-8-22-17(11-14)25-19(28)26(2)9-3-7-21;1-2-5-4-6(5)3-1/h4-6,8,10-11H,3,9H2,1-2H3,(H,22,25,28)(H2,23,24,27,30);1-4H. The summed E-state index contributed by atoms with van der Waals surface area (Å²) in [5.41, 5.74) is 3.19. The van der Waals surface area contributed by atoms with Crippen molar-refractivity contribution < 1.29 is 18.7 Å². The van der Waals surface area contributed by atoms with Gasteiger partial charge in [-0.15, -0.1) is 0 Å². The van der Waals surface area contributed by atoms with Crippen molar-refractivity contribution >= 4 is 40.8 Å². The Hall–Kier alpha value is -4.56. The number of fused-ring (bicyclic) bond motifs is 1. The molecule has 184 valence electrons. The molecule has 2 aliphatic rings. The first kappa shape index (κ1) is 26.1. The summed E-state index contributed by atoms with van der Waals surface area (Å²) >= 11 is 4.93. The molecule has 0 aliphatic heterocycles. The maximum atomic E-state index is 14.4. The van der Waals surface area contributed by atoms with E-state index in [9.17, 15) is 14.0 Å². The van der Waals surface area contributed by atoms with Gasteiger partial charge in [-0.3, -0.25) is 10.1 Å². The Labute approximate surface area is 212 Å². The molecule has 9 nitrogen and oxygen atoms in total. The Balaban J connectivity index is 0.000000513. The van der Waals surface area contributed by atoms with E-state index in [0.29, 0.717) is 5.69 Å². The number of hydrogen-bond acceptors (Lipinski definition) is 6. The second kappa shape index (κ2) is 12.2. The Kier molecular flexibility index (Phi) is 8.85. The topological polar surface area (TPSA) is 119 Å². The minimum Gasteiger partial charge on any atom is -0.454 e. The predicted octanol–water partition coefficient (Wildman–Crippen LogP) is 4.89. The number of pyridine rings is 1. The molecular weight excluding hydrogens is 483 g/mol. The normalized spacial score (nSPS) is 10.1. The Morgan fingerprint density at radius 2 is 1.89 bits per heavy atom. The van der Waals surface area contributed by atoms with E-state index in [1.54, 1.807) is 7.05 Å². The van der Waals surface area contributed by atoms with E-state index in [-0.39, 0.29) is 41.3 Å². The van der Waals surface area contributed by atoms with Gasteiger partial charge in [-0.05, 0) is 47.6 Å². The first-order chi connectivity index (χ1) is 17.2. The molecule has 0 radical (unpaired) electrons. The Morgan fingerprint density at radius 1 is 1.14 bits per heavy atom. The highest BCUT2D eigenvalue weighted by Crippen LogP contribution is 2.32. The van der Waals surface area contributed by atoms with Crippen LogP contribution in [0.5, 0.6) is 11.5 Å². The number of aromatic nitrogens is 1. The third-order valence-corrected chi connectivity index (χ3v) is 4.90. The van der Waals surface area contributed by atoms with Crippen molar-refractivity contribution in [3.05, 3.63) is 66.6 Å². The van der Waals surface area contributed by atoms with Gasteiger partial charge in [-0.25, -0.2) is 14.2 Å². The van der Waals surface area contributed by atoms with Gasteiger partial charge in [0.05, 0.1) is 12.5 Å². The number of urea groups is 1. The van der Waals surface area contributed by atoms with Crippen LogP contribution in [0.2, 0.25) is 0 Å². The van der Waals surface area contributed by atoms with Crippen LogP contribution in [0.3, 0.4) is 0 Å². The summed E-state index contributed by atoms with van der Waals surface area (Å²) in [5, 5.41) is 16.3. The van der Waals surface area contributed by atoms with Gasteiger partial charge in [0.1, 0.15) is 11.6 Å². The fourth-order valence-corrected chi connectivity index (χ4v) is 3.11. The molecule has 2 aromatic rings. The van der Waals surface area contributed by atoms with Gasteiger partial charge >= 0.3 is 6.03 Å². The highest BCUT2D eigenvalue weighted by Gasteiger charge is 2.12. The smallest absolute Gasteiger partial charge is 0.322 e. The summed E-state index contributed by atoms with van der Waals surface area (Å²) < 4.78 is 19.9. The van der Waals surface area contributed by atoms with Crippen LogP contribution >= 0.6 is 12.2 Å². The van der Waals surface area contributed by atoms with Crippen molar-refractivity contribution in [3.8, 4) is 28.7 Å². The van der Waals surface area contributed by atoms with E-state index in [1.165, 1.54) is 53.4 Å². The van der Waals surface area contributed by atoms with E-state index < -0.39 is 11.8 Å². The number of benzene rings is 2. The van der Waals surface area contributed by atoms with Crippen LogP contribution in [0.15, 0.2) is 60.8 Å². The van der Waals surface area contributed by atoms with Crippen LogP contribution in [0.25, 0.3) is 11.1 Å². The van der Waals surface area contributed by atoms with Gasteiger partial charge in [-0.2, -0.15) is 5.26 Å². The maximum Gasteiger partial charge on any atom is 0.322 e. The summed E-state index contributed by atoms with van der Waals surface area (Å²) in [4.78, 5) is 28.4. The first-order valence-corrected chi connectivity index (χ1v) is 11.2. The molecule has 3 N–H and O–H groups in total. The molecule has 0 bridgehead atoms. The quantitative estimate of drug-likeness (QED) is 0.319. The number of ether oxygens (including phenoxy) is 1. The van der Waals surface area contributed by atoms with Gasteiger partial charge in [0.15, 0.2) is 16.7 Å². The summed E-state index contributed by atoms with van der Waals surface area (Å²) in [6, 6.07) is 17.0. The maximum absolute atomic E-state index is 14.4. The van der Waals surface area contributed by atoms with Gasteiger partial charge in [0.2, 0.25) is 5.91 Å². The lowest BCUT2D eigenvalue weighted by Crippen LogP contribution is -2.32. The number of carbonyl (C=O) groups is 2. The molecule has 0 atom stereocenters. The molecule has 0 saturated carbocycles. The molecule has 11 heteroatoms. The summed E-state index contributed by atoms with van der Waals surface area (Å²) in [7, 11) is 1.55. The van der Waals surface area contributed by atoms with E-state index in [2.05, 4.69) is 45.2 Å². The Bertz CT molecular complexity index is 1310. The summed E-state index contributed by atoms with van der Waals surface area (Å²) in [5.74, 6) is -0.594. The molecule has 0 spiro atoms. The molecule has 0 saturated heterocycles. The van der Waals surface area contributed by atoms with Crippen LogP contribution in [-0.2, 0) is 4.79 Å². The van der Waals surface area contributed by atoms with E-state index >= 15 is 0 Å². The molecule has 2 aliphatic carbocycles. The Morgan fingerprint density at radius 3 is 2.47 bits per heavy atom. The van der Waals surface area contributed by atoms with E-state index in [4.69, 9.17) is 22.2 Å². The van der Waals surface area contributed by atoms with Crippen LogP contribution in [0.4, 0.5) is 20.7 Å². The number of nitrogens with zero attached hydrogens (tertiary/aromatic N) is 3. The molecule has 36 heavy (non-hydrogen) atoms. The predicted molar refractivity (Wildman–Crippen MR) is 138 cm³/mol. The number of amides is 3. The zero-order valence-electron chi connectivity index (χ0n) is 19.5. The molecule has 0 fully saturated rings. The lowest BCUT2D eigenvalue weighted by atomic mass is 10.3. The van der Waals surface area contributed by atoms with Crippen LogP contribution in [-0.4, -0.2) is 40.5 Å². The van der Waals surface area contributed by atoms with Gasteiger partial charge in [-0.1, -0.05) is 18.2 Å². The van der Waals surface area contributed by atoms with Crippen LogP contribution in [0, 0.1) is 17.1 Å². The fourth-order valence-electron chi connectivity index (χ4n) is 2.85. The van der Waals surface area contributed by atoms with Crippen LogP contribution in [0.1, 0.15) is 13.3 Å². The lowest BCUT2D eigenvalue weighted by Gasteiger charge is -2.16. The fraction of sp³-hybridized carbons (Fsp3) is 0.160. The second-order valence-corrected chi connectivity index (χ2v) is 8.01. The number of carbonyl (C=O) groups excluding carboxylic acids is 2. The second-order valence-electron chi connectivity index (χ2n) is 7.60. The number of anilines is 2. The van der Waals surface area contributed by atoms with Crippen molar-refractivity contribution in [1.82, 2.24) is 15.2 Å². The highest BCUT2D eigenvalue weighted by molar-refractivity contribution is 7.80. The zero-order valence-corrected chi connectivity index (χ0v) is 20.4. The molecule has 1 heterocycles. The minimum absolute atomic E-state index is 0.0461. The zero-order chi connectivity index (χ0) is 26.1. The van der Waals surface area contributed by atoms with Crippen LogP contribution < -0.4 is 20.7 Å². The van der Waals surface area contributed by atoms with Gasteiger partial charge in [0.25, 0.3) is 0 Å². The SMILES string of the molecule is CC(=O)NC(=S)Nc1ccc(Oc2ccnc(NC(=O)N(C)CCC#N)c2)c(F)c1.c1cc2cc-2c1. The van der Waals surface area contributed by atoms with E-state index in [1.807, 2.05) is 6.07 Å². The average Bonchev–Trinajstić information content (AvgIpc) is 3.43. The average molecular weight is 507 g/mol. The van der Waals surface area contributed by atoms with Crippen molar-refractivity contribution in [2.45, 2.75) is 13.3 Å². The number of hydrogen-bond donors (Lipinski definition) is 3. The first-order valence-electron chi connectivity index (χ1n) is 10.8. The number of thiocarbonyl (C=S) groups is 1. The van der Waals surface area contributed by atoms with Crippen molar-refractivity contribution in [3.63, 3.8) is 0 Å². The van der Waals surface area contributed by atoms with Crippen molar-refractivity contribution in [2.24, 2.45) is 0 Å². The number of nitriles is 1. The summed E-state index contributed by atoms with van der Waals surface area (Å²) in [6.45, 7) is 1.58. The number of rotatable bonds is 6. The largest absolute Gasteiger partial charge is 0.454 e.